The molecule has 2 heterocycles. The molecule has 6 N–H and O–H groups in total. The zero-order valence-corrected chi connectivity index (χ0v) is 27.4. The number of hydrogen-bond acceptors (Lipinski definition) is 12. The van der Waals surface area contributed by atoms with Crippen LogP contribution in [0.1, 0.15) is 33.4 Å². The summed E-state index contributed by atoms with van der Waals surface area (Å²) < 4.78 is 24.0. The van der Waals surface area contributed by atoms with Gasteiger partial charge < -0.3 is 49.8 Å². The molecule has 258 valence electrons. The molecule has 0 saturated heterocycles. The summed E-state index contributed by atoms with van der Waals surface area (Å²) >= 11 is 0. The van der Waals surface area contributed by atoms with E-state index in [4.69, 9.17) is 24.1 Å². The molecule has 0 unspecified atom stereocenters. The van der Waals surface area contributed by atoms with E-state index in [1.807, 2.05) is 43.3 Å². The predicted molar refractivity (Wildman–Crippen MR) is 179 cm³/mol. The largest absolute Gasteiger partial charge is 0.488 e. The summed E-state index contributed by atoms with van der Waals surface area (Å²) in [5.41, 5.74) is 6.80. The maximum Gasteiger partial charge on any atom is 0.161 e. The van der Waals surface area contributed by atoms with Gasteiger partial charge in [-0.3, -0.25) is 4.98 Å². The van der Waals surface area contributed by atoms with Crippen LogP contribution in [-0.4, -0.2) is 81.3 Å². The lowest BCUT2D eigenvalue weighted by Crippen LogP contribution is -2.48. The number of pyridine rings is 1. The van der Waals surface area contributed by atoms with Crippen LogP contribution in [0.2, 0.25) is 0 Å². The third-order valence-electron chi connectivity index (χ3n) is 8.35. The fraction of sp³-hybridized carbons (Fsp3) is 0.351. The number of rotatable bonds is 15. The number of aryl methyl sites for hydroxylation is 1. The topological polar surface area (TPSA) is 187 Å². The molecule has 12 nitrogen and oxygen atoms in total. The van der Waals surface area contributed by atoms with Crippen molar-refractivity contribution in [1.82, 2.24) is 10.3 Å². The van der Waals surface area contributed by atoms with Crippen LogP contribution in [0.5, 0.6) is 23.0 Å². The Morgan fingerprint density at radius 1 is 0.857 bits per heavy atom. The van der Waals surface area contributed by atoms with Crippen LogP contribution in [0.15, 0.2) is 67.0 Å². The van der Waals surface area contributed by atoms with E-state index in [2.05, 4.69) is 29.4 Å². The molecule has 1 aromatic heterocycles. The highest BCUT2D eigenvalue weighted by Crippen LogP contribution is 2.37. The molecule has 5 rings (SSSR count). The lowest BCUT2D eigenvalue weighted by Gasteiger charge is -2.26. The van der Waals surface area contributed by atoms with Gasteiger partial charge in [0, 0.05) is 42.7 Å². The summed E-state index contributed by atoms with van der Waals surface area (Å²) in [6.07, 6.45) is -3.33. The van der Waals surface area contributed by atoms with E-state index in [0.717, 1.165) is 44.9 Å². The number of aliphatic hydroxyl groups is 5. The Kier molecular flexibility index (Phi) is 12.0. The maximum atomic E-state index is 10.4. The van der Waals surface area contributed by atoms with Crippen molar-refractivity contribution < 1.29 is 44.5 Å². The molecule has 1 aliphatic rings. The summed E-state index contributed by atoms with van der Waals surface area (Å²) in [6.45, 7) is 4.76. The second-order valence-electron chi connectivity index (χ2n) is 11.9. The third kappa shape index (κ3) is 8.84. The zero-order chi connectivity index (χ0) is 34.9. The molecule has 0 spiro atoms. The fourth-order valence-electron chi connectivity index (χ4n) is 5.50. The van der Waals surface area contributed by atoms with Crippen molar-refractivity contribution in [1.29, 1.82) is 5.26 Å². The summed E-state index contributed by atoms with van der Waals surface area (Å²) in [5, 5.41) is 61.5. The van der Waals surface area contributed by atoms with E-state index in [1.165, 1.54) is 6.20 Å². The molecule has 12 heteroatoms. The molecule has 4 atom stereocenters. The lowest BCUT2D eigenvalue weighted by atomic mass is 9.96. The van der Waals surface area contributed by atoms with Crippen molar-refractivity contribution in [3.63, 3.8) is 0 Å². The van der Waals surface area contributed by atoms with Gasteiger partial charge in [0.15, 0.2) is 11.5 Å². The average molecular weight is 672 g/mol. The Labute approximate surface area is 284 Å². The predicted octanol–water partition coefficient (Wildman–Crippen LogP) is 2.69. The van der Waals surface area contributed by atoms with Gasteiger partial charge in [0.1, 0.15) is 62.3 Å². The van der Waals surface area contributed by atoms with E-state index < -0.39 is 31.0 Å². The van der Waals surface area contributed by atoms with Gasteiger partial charge in [-0.15, -0.1) is 0 Å². The number of ether oxygens (including phenoxy) is 4. The minimum atomic E-state index is -1.72. The Morgan fingerprint density at radius 3 is 2.39 bits per heavy atom. The van der Waals surface area contributed by atoms with Gasteiger partial charge in [-0.2, -0.15) is 5.26 Å². The molecule has 0 aliphatic carbocycles. The normalized spacial score (nSPS) is 14.7. The van der Waals surface area contributed by atoms with E-state index in [9.17, 15) is 25.7 Å². The first-order valence-electron chi connectivity index (χ1n) is 15.9. The summed E-state index contributed by atoms with van der Waals surface area (Å²) in [6, 6.07) is 19.5. The molecule has 3 aromatic carbocycles. The van der Waals surface area contributed by atoms with Gasteiger partial charge >= 0.3 is 0 Å². The smallest absolute Gasteiger partial charge is 0.161 e. The van der Waals surface area contributed by atoms with Gasteiger partial charge in [-0.1, -0.05) is 24.3 Å². The van der Waals surface area contributed by atoms with Crippen molar-refractivity contribution >= 4 is 0 Å². The van der Waals surface area contributed by atoms with Crippen LogP contribution < -0.4 is 24.3 Å². The van der Waals surface area contributed by atoms with Crippen LogP contribution in [-0.2, 0) is 19.8 Å². The Morgan fingerprint density at radius 2 is 1.61 bits per heavy atom. The van der Waals surface area contributed by atoms with Crippen molar-refractivity contribution in [2.45, 2.75) is 58.0 Å². The molecular weight excluding hydrogens is 630 g/mol. The van der Waals surface area contributed by atoms with Gasteiger partial charge in [0.2, 0.25) is 0 Å². The quantitative estimate of drug-likeness (QED) is 0.109. The number of aliphatic hydroxyl groups excluding tert-OH is 5. The molecular formula is C37H41N3O9. The summed E-state index contributed by atoms with van der Waals surface area (Å²) in [7, 11) is 0. The molecule has 0 saturated carbocycles. The highest BCUT2D eigenvalue weighted by atomic mass is 16.6. The number of nitrogens with one attached hydrogen (secondary N) is 1. The van der Waals surface area contributed by atoms with E-state index >= 15 is 0 Å². The molecule has 49 heavy (non-hydrogen) atoms. The van der Waals surface area contributed by atoms with Crippen LogP contribution in [0.4, 0.5) is 0 Å². The SMILES string of the molecule is Cc1cc(CNC[C@H](O)[C@@H](O)[C@H](O)[C@H](O)CO)c(OCc2cncc(C#N)c2)cc1OCc1cccc(-c2ccc3c(c2)OCCO3)c1C. The number of nitriles is 1. The van der Waals surface area contributed by atoms with Gasteiger partial charge in [0.05, 0.1) is 18.3 Å². The minimum absolute atomic E-state index is 0.125. The molecule has 0 bridgehead atoms. The van der Waals surface area contributed by atoms with Crippen molar-refractivity contribution in [2.75, 3.05) is 26.4 Å². The van der Waals surface area contributed by atoms with Crippen molar-refractivity contribution in [2.24, 2.45) is 0 Å². The lowest BCUT2D eigenvalue weighted by molar-refractivity contribution is -0.114. The summed E-state index contributed by atoms with van der Waals surface area (Å²) in [4.78, 5) is 4.10. The van der Waals surface area contributed by atoms with Crippen molar-refractivity contribution in [3.05, 3.63) is 100 Å². The molecule has 0 amide bonds. The second kappa shape index (κ2) is 16.6. The van der Waals surface area contributed by atoms with Gasteiger partial charge in [-0.25, -0.2) is 0 Å². The van der Waals surface area contributed by atoms with E-state index in [-0.39, 0.29) is 19.7 Å². The molecule has 1 aliphatic heterocycles. The monoisotopic (exact) mass is 671 g/mol. The standard InChI is InChI=1S/C37H41N3O9/c1-22-10-28(17-40-18-30(42)36(44)37(45)31(43)19-41)34(48-20-25-11-24(14-38)15-39-16-25)13-33(22)49-21-27-4-3-5-29(23(27)2)26-6-7-32-35(12-26)47-9-8-46-32/h3-7,10-13,15-16,30-31,36-37,40-45H,8-9,17-21H2,1-2H3/t30-,31+,36+,37+/m0/s1. The Bertz CT molecular complexity index is 1780. The van der Waals surface area contributed by atoms with Crippen LogP contribution in [0.25, 0.3) is 11.1 Å². The van der Waals surface area contributed by atoms with Crippen molar-refractivity contribution in [3.8, 4) is 40.2 Å². The molecule has 4 aromatic rings. The van der Waals surface area contributed by atoms with E-state index in [1.54, 1.807) is 18.3 Å². The first kappa shape index (κ1) is 35.6. The van der Waals surface area contributed by atoms with Gasteiger partial charge in [0.25, 0.3) is 0 Å². The number of hydrogen-bond donors (Lipinski definition) is 6. The minimum Gasteiger partial charge on any atom is -0.488 e. The van der Waals surface area contributed by atoms with Gasteiger partial charge in [-0.05, 0) is 65.9 Å². The second-order valence-corrected chi connectivity index (χ2v) is 11.9. The highest BCUT2D eigenvalue weighted by Gasteiger charge is 2.29. The molecule has 0 radical (unpaired) electrons. The molecule has 0 fully saturated rings. The summed E-state index contributed by atoms with van der Waals surface area (Å²) in [5.74, 6) is 2.55. The maximum absolute atomic E-state index is 10.4. The number of nitrogens with zero attached hydrogens (tertiary/aromatic N) is 2. The Balaban J connectivity index is 1.33. The van der Waals surface area contributed by atoms with Crippen LogP contribution in [0, 0.1) is 25.2 Å². The van der Waals surface area contributed by atoms with E-state index in [0.29, 0.717) is 42.4 Å². The fourth-order valence-corrected chi connectivity index (χ4v) is 5.50. The average Bonchev–Trinajstić information content (AvgIpc) is 3.13. The number of benzene rings is 3. The first-order chi connectivity index (χ1) is 23.7. The third-order valence-corrected chi connectivity index (χ3v) is 8.35. The van der Waals surface area contributed by atoms with Crippen LogP contribution in [0.3, 0.4) is 0 Å². The first-order valence-corrected chi connectivity index (χ1v) is 15.9. The highest BCUT2D eigenvalue weighted by molar-refractivity contribution is 5.71. The number of fused-ring (bicyclic) bond motifs is 1. The zero-order valence-electron chi connectivity index (χ0n) is 27.4. The number of aromatic nitrogens is 1. The Hall–Kier alpha value is -4.74. The van der Waals surface area contributed by atoms with Crippen LogP contribution >= 0.6 is 0 Å².